The van der Waals surface area contributed by atoms with E-state index in [1.54, 1.807) is 14.2 Å². The standard InChI is InChI=1S/C15H23NO4/c1-5-16(11(2)8-15(17)18)10-12-6-7-13(19-3)9-14(12)20-4/h6-7,9,11H,5,8,10H2,1-4H3,(H,17,18). The lowest BCUT2D eigenvalue weighted by Gasteiger charge is -2.27. The Morgan fingerprint density at radius 2 is 2.05 bits per heavy atom. The number of hydrogen-bond acceptors (Lipinski definition) is 4. The topological polar surface area (TPSA) is 59.0 Å². The van der Waals surface area contributed by atoms with Gasteiger partial charge in [0, 0.05) is 24.2 Å². The summed E-state index contributed by atoms with van der Waals surface area (Å²) in [7, 11) is 3.23. The number of ether oxygens (including phenoxy) is 2. The van der Waals surface area contributed by atoms with Crippen LogP contribution in [0.15, 0.2) is 18.2 Å². The van der Waals surface area contributed by atoms with Crippen molar-refractivity contribution in [1.82, 2.24) is 4.90 Å². The summed E-state index contributed by atoms with van der Waals surface area (Å²) in [5.41, 5.74) is 1.02. The molecular formula is C15H23NO4. The third-order valence-corrected chi connectivity index (χ3v) is 3.37. The van der Waals surface area contributed by atoms with Gasteiger partial charge in [-0.15, -0.1) is 0 Å². The SMILES string of the molecule is CCN(Cc1ccc(OC)cc1OC)C(C)CC(=O)O. The number of carbonyl (C=O) groups is 1. The number of nitrogens with zero attached hydrogens (tertiary/aromatic N) is 1. The predicted octanol–water partition coefficient (Wildman–Crippen LogP) is 2.39. The normalized spacial score (nSPS) is 12.2. The highest BCUT2D eigenvalue weighted by molar-refractivity contribution is 5.67. The fourth-order valence-electron chi connectivity index (χ4n) is 2.16. The second-order valence-electron chi connectivity index (χ2n) is 4.69. The lowest BCUT2D eigenvalue weighted by Crippen LogP contribution is -2.34. The molecule has 1 aromatic carbocycles. The Bertz CT molecular complexity index is 447. The molecule has 1 atom stereocenters. The third kappa shape index (κ3) is 4.42. The number of carboxylic acid groups (broad SMARTS) is 1. The molecule has 112 valence electrons. The van der Waals surface area contributed by atoms with E-state index in [-0.39, 0.29) is 12.5 Å². The summed E-state index contributed by atoms with van der Waals surface area (Å²) < 4.78 is 10.5. The monoisotopic (exact) mass is 281 g/mol. The van der Waals surface area contributed by atoms with E-state index in [4.69, 9.17) is 14.6 Å². The molecule has 0 spiro atoms. The second kappa shape index (κ2) is 7.75. The van der Waals surface area contributed by atoms with Crippen molar-refractivity contribution in [2.75, 3.05) is 20.8 Å². The van der Waals surface area contributed by atoms with Gasteiger partial charge in [-0.05, 0) is 19.5 Å². The van der Waals surface area contributed by atoms with Crippen molar-refractivity contribution in [1.29, 1.82) is 0 Å². The summed E-state index contributed by atoms with van der Waals surface area (Å²) in [6.45, 7) is 5.38. The van der Waals surface area contributed by atoms with Crippen LogP contribution in [0.1, 0.15) is 25.8 Å². The van der Waals surface area contributed by atoms with E-state index < -0.39 is 5.97 Å². The summed E-state index contributed by atoms with van der Waals surface area (Å²) in [5, 5.41) is 8.90. The molecule has 0 fully saturated rings. The van der Waals surface area contributed by atoms with Gasteiger partial charge < -0.3 is 14.6 Å². The molecule has 0 saturated carbocycles. The molecule has 20 heavy (non-hydrogen) atoms. The summed E-state index contributed by atoms with van der Waals surface area (Å²) >= 11 is 0. The van der Waals surface area contributed by atoms with Crippen LogP contribution in [0.5, 0.6) is 11.5 Å². The Labute approximate surface area is 120 Å². The number of benzene rings is 1. The first-order valence-corrected chi connectivity index (χ1v) is 6.68. The van der Waals surface area contributed by atoms with E-state index in [0.29, 0.717) is 6.54 Å². The van der Waals surface area contributed by atoms with Crippen LogP contribution in [-0.2, 0) is 11.3 Å². The predicted molar refractivity (Wildman–Crippen MR) is 77.3 cm³/mol. The van der Waals surface area contributed by atoms with Gasteiger partial charge in [0.1, 0.15) is 11.5 Å². The fraction of sp³-hybridized carbons (Fsp3) is 0.533. The van der Waals surface area contributed by atoms with Crippen molar-refractivity contribution in [3.63, 3.8) is 0 Å². The van der Waals surface area contributed by atoms with E-state index in [2.05, 4.69) is 4.90 Å². The maximum atomic E-state index is 10.8. The van der Waals surface area contributed by atoms with Crippen LogP contribution in [0.25, 0.3) is 0 Å². The zero-order valence-electron chi connectivity index (χ0n) is 12.5. The second-order valence-corrected chi connectivity index (χ2v) is 4.69. The molecule has 0 aliphatic rings. The van der Waals surface area contributed by atoms with Crippen molar-refractivity contribution < 1.29 is 19.4 Å². The van der Waals surface area contributed by atoms with E-state index in [1.807, 2.05) is 32.0 Å². The van der Waals surface area contributed by atoms with Gasteiger partial charge in [-0.3, -0.25) is 9.69 Å². The number of aliphatic carboxylic acids is 1. The van der Waals surface area contributed by atoms with E-state index in [0.717, 1.165) is 23.6 Å². The molecule has 0 radical (unpaired) electrons. The largest absolute Gasteiger partial charge is 0.497 e. The Morgan fingerprint density at radius 1 is 1.35 bits per heavy atom. The van der Waals surface area contributed by atoms with Crippen LogP contribution in [0.2, 0.25) is 0 Å². The van der Waals surface area contributed by atoms with Gasteiger partial charge in [0.05, 0.1) is 20.6 Å². The highest BCUT2D eigenvalue weighted by Crippen LogP contribution is 2.26. The minimum atomic E-state index is -0.780. The first-order chi connectivity index (χ1) is 9.51. The molecule has 0 aromatic heterocycles. The van der Waals surface area contributed by atoms with Crippen LogP contribution in [0, 0.1) is 0 Å². The van der Waals surface area contributed by atoms with Crippen molar-refractivity contribution in [3.8, 4) is 11.5 Å². The maximum Gasteiger partial charge on any atom is 0.304 e. The molecule has 1 N–H and O–H groups in total. The highest BCUT2D eigenvalue weighted by atomic mass is 16.5. The van der Waals surface area contributed by atoms with Gasteiger partial charge in [-0.25, -0.2) is 0 Å². The molecule has 0 saturated heterocycles. The summed E-state index contributed by atoms with van der Waals surface area (Å²) in [4.78, 5) is 12.9. The first kappa shape index (κ1) is 16.3. The van der Waals surface area contributed by atoms with E-state index in [9.17, 15) is 4.79 Å². The molecule has 1 rings (SSSR count). The molecule has 0 aliphatic carbocycles. The Hall–Kier alpha value is -1.75. The lowest BCUT2D eigenvalue weighted by atomic mass is 10.1. The van der Waals surface area contributed by atoms with Crippen molar-refractivity contribution in [2.24, 2.45) is 0 Å². The molecule has 0 heterocycles. The van der Waals surface area contributed by atoms with Crippen LogP contribution >= 0.6 is 0 Å². The van der Waals surface area contributed by atoms with Crippen LogP contribution in [0.3, 0.4) is 0 Å². The Balaban J connectivity index is 2.86. The number of hydrogen-bond donors (Lipinski definition) is 1. The van der Waals surface area contributed by atoms with Crippen LogP contribution < -0.4 is 9.47 Å². The minimum absolute atomic E-state index is 0.0238. The molecular weight excluding hydrogens is 258 g/mol. The molecule has 1 unspecified atom stereocenters. The highest BCUT2D eigenvalue weighted by Gasteiger charge is 2.17. The van der Waals surface area contributed by atoms with Crippen LogP contribution in [0.4, 0.5) is 0 Å². The van der Waals surface area contributed by atoms with Crippen LogP contribution in [-0.4, -0.2) is 42.8 Å². The first-order valence-electron chi connectivity index (χ1n) is 6.68. The van der Waals surface area contributed by atoms with Gasteiger partial charge in [0.25, 0.3) is 0 Å². The fourth-order valence-corrected chi connectivity index (χ4v) is 2.16. The molecule has 5 heteroatoms. The van der Waals surface area contributed by atoms with Crippen molar-refractivity contribution in [2.45, 2.75) is 32.9 Å². The molecule has 0 bridgehead atoms. The summed E-state index contributed by atoms with van der Waals surface area (Å²) in [5.74, 6) is 0.718. The number of carboxylic acids is 1. The Morgan fingerprint density at radius 3 is 2.55 bits per heavy atom. The average molecular weight is 281 g/mol. The van der Waals surface area contributed by atoms with Gasteiger partial charge in [0.2, 0.25) is 0 Å². The van der Waals surface area contributed by atoms with Gasteiger partial charge in [-0.2, -0.15) is 0 Å². The van der Waals surface area contributed by atoms with Gasteiger partial charge in [-0.1, -0.05) is 13.0 Å². The van der Waals surface area contributed by atoms with E-state index in [1.165, 1.54) is 0 Å². The zero-order chi connectivity index (χ0) is 15.1. The van der Waals surface area contributed by atoms with Crippen molar-refractivity contribution in [3.05, 3.63) is 23.8 Å². The molecule has 1 aromatic rings. The molecule has 5 nitrogen and oxygen atoms in total. The van der Waals surface area contributed by atoms with Crippen molar-refractivity contribution >= 4 is 5.97 Å². The number of methoxy groups -OCH3 is 2. The molecule has 0 aliphatic heterocycles. The third-order valence-electron chi connectivity index (χ3n) is 3.37. The number of rotatable bonds is 8. The maximum absolute atomic E-state index is 10.8. The summed E-state index contributed by atoms with van der Waals surface area (Å²) in [6, 6.07) is 5.65. The Kier molecular flexibility index (Phi) is 6.31. The van der Waals surface area contributed by atoms with E-state index >= 15 is 0 Å². The van der Waals surface area contributed by atoms with Gasteiger partial charge in [0.15, 0.2) is 0 Å². The minimum Gasteiger partial charge on any atom is -0.497 e. The smallest absolute Gasteiger partial charge is 0.304 e. The summed E-state index contributed by atoms with van der Waals surface area (Å²) in [6.07, 6.45) is 0.131. The zero-order valence-corrected chi connectivity index (χ0v) is 12.5. The van der Waals surface area contributed by atoms with Gasteiger partial charge >= 0.3 is 5.97 Å². The quantitative estimate of drug-likeness (QED) is 0.793. The average Bonchev–Trinajstić information content (AvgIpc) is 2.43. The lowest BCUT2D eigenvalue weighted by molar-refractivity contribution is -0.138. The molecule has 0 amide bonds.